The smallest absolute Gasteiger partial charge is 0.0319 e. The van der Waals surface area contributed by atoms with E-state index < -0.39 is 0 Å². The van der Waals surface area contributed by atoms with Gasteiger partial charge in [-0.3, -0.25) is 0 Å². The van der Waals surface area contributed by atoms with E-state index >= 15 is 0 Å². The molecule has 0 unspecified atom stereocenters. The first-order valence-corrected chi connectivity index (χ1v) is 2.79. The van der Waals surface area contributed by atoms with Crippen LogP contribution >= 0.6 is 0 Å². The van der Waals surface area contributed by atoms with Crippen molar-refractivity contribution in [3.8, 4) is 0 Å². The number of aliphatic hydroxyl groups excluding tert-OH is 4. The van der Waals surface area contributed by atoms with Crippen LogP contribution in [-0.2, 0) is 43.4 Å². The average Bonchev–Trinajstić information content (AvgIpc) is 2.20. The molecule has 0 radical (unpaired) electrons. The topological polar surface area (TPSA) is 80.9 Å². The predicted molar refractivity (Wildman–Crippen MR) is 56.7 cm³/mol. The van der Waals surface area contributed by atoms with Crippen molar-refractivity contribution in [3.63, 3.8) is 0 Å². The van der Waals surface area contributed by atoms with Crippen LogP contribution in [0, 0.1) is 14.9 Å². The van der Waals surface area contributed by atoms with Crippen molar-refractivity contribution in [1.29, 1.82) is 0 Å². The van der Waals surface area contributed by atoms with E-state index in [1.54, 1.807) is 0 Å². The summed E-state index contributed by atoms with van der Waals surface area (Å²) < 4.78 is 0. The van der Waals surface area contributed by atoms with Crippen molar-refractivity contribution in [1.82, 2.24) is 0 Å². The van der Waals surface area contributed by atoms with Crippen LogP contribution < -0.4 is 0 Å². The molecule has 0 saturated heterocycles. The third-order valence-electron chi connectivity index (χ3n) is 0. The second kappa shape index (κ2) is 1560. The van der Waals surface area contributed by atoms with Gasteiger partial charge in [-0.05, 0) is 0 Å². The predicted octanol–water partition coefficient (Wildman–Crippen LogP) is 0.356. The zero-order chi connectivity index (χ0) is 10.0. The van der Waals surface area contributed by atoms with Crippen molar-refractivity contribution in [3.05, 3.63) is 14.9 Å². The van der Waals surface area contributed by atoms with Gasteiger partial charge in [-0.15, -0.1) is 0 Å². The Morgan fingerprint density at radius 1 is 0.429 bits per heavy atom. The zero-order valence-electron chi connectivity index (χ0n) is 10.8. The van der Waals surface area contributed by atoms with Crippen LogP contribution in [0.5, 0.6) is 0 Å². The Morgan fingerprint density at radius 2 is 0.429 bits per heavy atom. The Kier molecular flexibility index (Phi) is 8820. The van der Waals surface area contributed by atoms with Gasteiger partial charge in [0.1, 0.15) is 0 Å². The van der Waals surface area contributed by atoms with Crippen LogP contribution in [0.15, 0.2) is 0 Å². The van der Waals surface area contributed by atoms with E-state index in [0.29, 0.717) is 0 Å². The molecule has 0 bridgehead atoms. The molecule has 4 nitrogen and oxygen atoms in total. The summed E-state index contributed by atoms with van der Waals surface area (Å²) in [4.78, 5) is 0. The molecular formula is C8H28O4Ti2-2. The minimum atomic E-state index is 0. The zero-order valence-corrected chi connectivity index (χ0v) is 13.9. The first kappa shape index (κ1) is 79.1. The van der Waals surface area contributed by atoms with Gasteiger partial charge in [0.15, 0.2) is 0 Å². The molecule has 0 atom stereocenters. The minimum Gasteiger partial charge on any atom is -0.400 e. The minimum absolute atomic E-state index is 0. The van der Waals surface area contributed by atoms with Crippen LogP contribution in [0.2, 0.25) is 0 Å². The summed E-state index contributed by atoms with van der Waals surface area (Å²) in [5, 5.41) is 28.0. The second-order valence-corrected chi connectivity index (χ2v) is 0. The largest absolute Gasteiger partial charge is 0.400 e. The second-order valence-electron chi connectivity index (χ2n) is 0. The summed E-state index contributed by atoms with van der Waals surface area (Å²) in [5.74, 6) is 0. The monoisotopic (exact) mass is 284 g/mol. The van der Waals surface area contributed by atoms with Crippen molar-refractivity contribution in [2.24, 2.45) is 0 Å². The molecule has 0 heterocycles. The van der Waals surface area contributed by atoms with E-state index in [1.807, 2.05) is 13.8 Å². The van der Waals surface area contributed by atoms with E-state index in [0.717, 1.165) is 28.4 Å². The van der Waals surface area contributed by atoms with Crippen molar-refractivity contribution in [2.45, 2.75) is 13.8 Å². The molecule has 94 valence electrons. The van der Waals surface area contributed by atoms with Crippen LogP contribution in [0.3, 0.4) is 0 Å². The maximum atomic E-state index is 7.00. The Hall–Kier alpha value is 1.27. The molecular weight excluding hydrogens is 256 g/mol. The fraction of sp³-hybridized carbons (Fsp3) is 0.750. The quantitative estimate of drug-likeness (QED) is 0.382. The summed E-state index contributed by atoms with van der Waals surface area (Å²) in [6.07, 6.45) is 0. The normalized spacial score (nSPS) is 2.14. The van der Waals surface area contributed by atoms with Crippen molar-refractivity contribution < 1.29 is 63.9 Å². The van der Waals surface area contributed by atoms with Crippen LogP contribution in [0.1, 0.15) is 13.8 Å². The average molecular weight is 284 g/mol. The first-order valence-electron chi connectivity index (χ1n) is 2.79. The Balaban J connectivity index is -0.00000000298. The van der Waals surface area contributed by atoms with Gasteiger partial charge in [0.25, 0.3) is 0 Å². The van der Waals surface area contributed by atoms with E-state index in [4.69, 9.17) is 20.4 Å². The molecule has 6 heteroatoms. The van der Waals surface area contributed by atoms with Crippen LogP contribution in [-0.4, -0.2) is 48.9 Å². The standard InChI is InChI=1S/C2H6.4CH4O.2CH3.2Ti/c5*1-2;;;;/h1-2H3;4*2H,1H3;2*1H3;;/q;;;;;2*-1;;. The van der Waals surface area contributed by atoms with Gasteiger partial charge >= 0.3 is 0 Å². The summed E-state index contributed by atoms with van der Waals surface area (Å²) in [7, 11) is 4.00. The Labute approximate surface area is 121 Å². The van der Waals surface area contributed by atoms with Crippen molar-refractivity contribution >= 4 is 0 Å². The molecule has 0 aliphatic carbocycles. The summed E-state index contributed by atoms with van der Waals surface area (Å²) in [6, 6.07) is 0. The summed E-state index contributed by atoms with van der Waals surface area (Å²) in [6.45, 7) is 4.00. The number of hydrogen-bond donors (Lipinski definition) is 4. The van der Waals surface area contributed by atoms with E-state index in [-0.39, 0.29) is 58.3 Å². The van der Waals surface area contributed by atoms with Gasteiger partial charge in [-0.2, -0.15) is 0 Å². The Morgan fingerprint density at radius 3 is 0.429 bits per heavy atom. The summed E-state index contributed by atoms with van der Waals surface area (Å²) >= 11 is 0. The maximum absolute atomic E-state index is 7.00. The number of aliphatic hydroxyl groups is 4. The fourth-order valence-corrected chi connectivity index (χ4v) is 0. The molecule has 0 saturated carbocycles. The molecule has 14 heavy (non-hydrogen) atoms. The summed E-state index contributed by atoms with van der Waals surface area (Å²) in [5.41, 5.74) is 0. The van der Waals surface area contributed by atoms with Crippen LogP contribution in [0.4, 0.5) is 0 Å². The van der Waals surface area contributed by atoms with Gasteiger partial charge in [-0.1, -0.05) is 13.8 Å². The molecule has 0 aliphatic rings. The third-order valence-corrected chi connectivity index (χ3v) is 0. The maximum Gasteiger partial charge on any atom is 0.0319 e. The van der Waals surface area contributed by atoms with Gasteiger partial charge in [0.05, 0.1) is 0 Å². The molecule has 0 aliphatic heterocycles. The van der Waals surface area contributed by atoms with E-state index in [9.17, 15) is 0 Å². The molecule has 0 aromatic heterocycles. The molecule has 0 spiro atoms. The van der Waals surface area contributed by atoms with E-state index in [1.165, 1.54) is 0 Å². The van der Waals surface area contributed by atoms with E-state index in [2.05, 4.69) is 0 Å². The van der Waals surface area contributed by atoms with Gasteiger partial charge in [0.2, 0.25) is 0 Å². The number of hydrogen-bond acceptors (Lipinski definition) is 4. The SMILES string of the molecule is CC.CO.CO.CO.CO.[CH3-].[CH3-].[Ti].[Ti]. The van der Waals surface area contributed by atoms with Gasteiger partial charge < -0.3 is 35.3 Å². The molecule has 0 aromatic rings. The molecule has 4 N–H and O–H groups in total. The van der Waals surface area contributed by atoms with Gasteiger partial charge in [0, 0.05) is 71.9 Å². The molecule has 0 aromatic carbocycles. The third kappa shape index (κ3) is 1240. The van der Waals surface area contributed by atoms with Crippen LogP contribution in [0.25, 0.3) is 0 Å². The number of rotatable bonds is 0. The van der Waals surface area contributed by atoms with Gasteiger partial charge in [-0.25, -0.2) is 0 Å². The molecule has 0 rings (SSSR count). The van der Waals surface area contributed by atoms with Crippen molar-refractivity contribution in [2.75, 3.05) is 28.4 Å². The molecule has 0 amide bonds. The Bertz CT molecular complexity index is 19.3. The fourth-order valence-electron chi connectivity index (χ4n) is 0. The molecule has 0 fully saturated rings. The first-order chi connectivity index (χ1) is 5.00.